The molecule has 2 aromatic carbocycles. The third kappa shape index (κ3) is 4.70. The Morgan fingerprint density at radius 2 is 1.81 bits per heavy atom. The fourth-order valence-corrected chi connectivity index (χ4v) is 3.38. The van der Waals surface area contributed by atoms with Crippen molar-refractivity contribution in [1.29, 1.82) is 0 Å². The van der Waals surface area contributed by atoms with E-state index in [0.717, 1.165) is 33.4 Å². The number of carbonyl (C=O) groups excluding carboxylic acids is 1. The second-order valence-electron chi connectivity index (χ2n) is 6.24. The Kier molecular flexibility index (Phi) is 5.68. The largest absolute Gasteiger partial charge is 0.322 e. The van der Waals surface area contributed by atoms with Gasteiger partial charge in [-0.3, -0.25) is 4.79 Å². The van der Waals surface area contributed by atoms with Crippen molar-refractivity contribution in [3.63, 3.8) is 0 Å². The molecule has 3 aromatic rings. The van der Waals surface area contributed by atoms with Gasteiger partial charge >= 0.3 is 0 Å². The topological polar surface area (TPSA) is 54.9 Å². The molecule has 0 bridgehead atoms. The predicted molar refractivity (Wildman–Crippen MR) is 107 cm³/mol. The molecule has 0 unspecified atom stereocenters. The van der Waals surface area contributed by atoms with E-state index >= 15 is 0 Å². The summed E-state index contributed by atoms with van der Waals surface area (Å²) in [6.45, 7) is 5.99. The molecule has 0 aliphatic carbocycles. The van der Waals surface area contributed by atoms with E-state index in [1.807, 2.05) is 63.2 Å². The minimum Gasteiger partial charge on any atom is -0.322 e. The van der Waals surface area contributed by atoms with E-state index in [1.165, 1.54) is 5.56 Å². The monoisotopic (exact) mass is 363 g/mol. The Bertz CT molecular complexity index is 923. The van der Waals surface area contributed by atoms with E-state index in [-0.39, 0.29) is 5.91 Å². The number of rotatable bonds is 5. The molecule has 1 heterocycles. The molecule has 0 aliphatic rings. The zero-order valence-corrected chi connectivity index (χ0v) is 15.9. The van der Waals surface area contributed by atoms with Gasteiger partial charge in [0.15, 0.2) is 5.16 Å². The van der Waals surface area contributed by atoms with E-state index < -0.39 is 0 Å². The van der Waals surface area contributed by atoms with Gasteiger partial charge in [0.25, 0.3) is 5.91 Å². The van der Waals surface area contributed by atoms with Crippen LogP contribution in [0.5, 0.6) is 0 Å². The van der Waals surface area contributed by atoms with Crippen LogP contribution < -0.4 is 5.32 Å². The van der Waals surface area contributed by atoms with Gasteiger partial charge in [0, 0.05) is 28.9 Å². The first kappa shape index (κ1) is 18.1. The van der Waals surface area contributed by atoms with Gasteiger partial charge < -0.3 is 5.32 Å². The molecule has 4 nitrogen and oxygen atoms in total. The number of aromatic nitrogens is 2. The first-order valence-electron chi connectivity index (χ1n) is 8.41. The molecular formula is C21H21N3OS. The number of hydrogen-bond donors (Lipinski definition) is 1. The maximum atomic E-state index is 12.4. The number of nitrogens with one attached hydrogen (secondary N) is 1. The number of benzene rings is 2. The maximum Gasteiger partial charge on any atom is 0.255 e. The Labute approximate surface area is 158 Å². The molecule has 132 valence electrons. The highest BCUT2D eigenvalue weighted by Crippen LogP contribution is 2.20. The summed E-state index contributed by atoms with van der Waals surface area (Å²) in [4.78, 5) is 21.1. The third-order valence-corrected chi connectivity index (χ3v) is 4.92. The maximum absolute atomic E-state index is 12.4. The van der Waals surface area contributed by atoms with Crippen molar-refractivity contribution in [3.8, 4) is 0 Å². The Morgan fingerprint density at radius 1 is 1.04 bits per heavy atom. The number of aryl methyl sites for hydroxylation is 3. The number of thioether (sulfide) groups is 1. The quantitative estimate of drug-likeness (QED) is 0.515. The van der Waals surface area contributed by atoms with Crippen LogP contribution in [-0.4, -0.2) is 15.9 Å². The van der Waals surface area contributed by atoms with Crippen molar-refractivity contribution >= 4 is 23.4 Å². The van der Waals surface area contributed by atoms with Crippen LogP contribution in [0.25, 0.3) is 0 Å². The zero-order valence-electron chi connectivity index (χ0n) is 15.1. The Hall–Kier alpha value is -2.66. The van der Waals surface area contributed by atoms with Gasteiger partial charge in [-0.1, -0.05) is 41.6 Å². The smallest absolute Gasteiger partial charge is 0.255 e. The van der Waals surface area contributed by atoms with Gasteiger partial charge in [-0.2, -0.15) is 0 Å². The standard InChI is InChI=1S/C21H21N3OS/c1-14-4-9-19(15(2)12-14)24-20(25)18-7-5-17(6-8-18)13-26-21-22-11-10-16(3)23-21/h4-12H,13H2,1-3H3,(H,24,25). The van der Waals surface area contributed by atoms with Gasteiger partial charge in [-0.05, 0) is 56.2 Å². The average Bonchev–Trinajstić information content (AvgIpc) is 2.63. The molecule has 0 saturated carbocycles. The molecule has 0 aliphatic heterocycles. The minimum absolute atomic E-state index is 0.0989. The SMILES string of the molecule is Cc1ccc(NC(=O)c2ccc(CSc3nccc(C)n3)cc2)c(C)c1. The van der Waals surface area contributed by atoms with Gasteiger partial charge in [0.2, 0.25) is 0 Å². The van der Waals surface area contributed by atoms with Crippen LogP contribution >= 0.6 is 11.8 Å². The number of nitrogens with zero attached hydrogens (tertiary/aromatic N) is 2. The van der Waals surface area contributed by atoms with Crippen LogP contribution in [0.1, 0.15) is 32.7 Å². The number of carbonyl (C=O) groups is 1. The van der Waals surface area contributed by atoms with Crippen LogP contribution in [0.3, 0.4) is 0 Å². The molecule has 1 amide bonds. The number of amides is 1. The lowest BCUT2D eigenvalue weighted by atomic mass is 10.1. The molecule has 0 atom stereocenters. The van der Waals surface area contributed by atoms with Crippen molar-refractivity contribution in [2.45, 2.75) is 31.7 Å². The second kappa shape index (κ2) is 8.15. The summed E-state index contributed by atoms with van der Waals surface area (Å²) in [5, 5.41) is 3.74. The predicted octanol–water partition coefficient (Wildman–Crippen LogP) is 4.95. The Morgan fingerprint density at radius 3 is 2.50 bits per heavy atom. The van der Waals surface area contributed by atoms with Crippen LogP contribution in [0, 0.1) is 20.8 Å². The molecule has 1 N–H and O–H groups in total. The van der Waals surface area contributed by atoms with Crippen molar-refractivity contribution in [2.75, 3.05) is 5.32 Å². The molecule has 0 radical (unpaired) electrons. The lowest BCUT2D eigenvalue weighted by Gasteiger charge is -2.09. The summed E-state index contributed by atoms with van der Waals surface area (Å²) >= 11 is 1.59. The molecule has 5 heteroatoms. The average molecular weight is 363 g/mol. The van der Waals surface area contributed by atoms with Crippen molar-refractivity contribution < 1.29 is 4.79 Å². The second-order valence-corrected chi connectivity index (χ2v) is 7.18. The lowest BCUT2D eigenvalue weighted by Crippen LogP contribution is -2.12. The van der Waals surface area contributed by atoms with Gasteiger partial charge in [-0.25, -0.2) is 9.97 Å². The molecule has 26 heavy (non-hydrogen) atoms. The number of anilines is 1. The van der Waals surface area contributed by atoms with Crippen LogP contribution in [0.4, 0.5) is 5.69 Å². The summed E-state index contributed by atoms with van der Waals surface area (Å²) in [5.41, 5.74) is 5.82. The van der Waals surface area contributed by atoms with E-state index in [0.29, 0.717) is 5.56 Å². The van der Waals surface area contributed by atoms with E-state index in [9.17, 15) is 4.79 Å². The summed E-state index contributed by atoms with van der Waals surface area (Å²) in [5.74, 6) is 0.667. The first-order valence-corrected chi connectivity index (χ1v) is 9.40. The van der Waals surface area contributed by atoms with Crippen molar-refractivity contribution in [3.05, 3.63) is 82.7 Å². The summed E-state index contributed by atoms with van der Waals surface area (Å²) in [6.07, 6.45) is 1.77. The van der Waals surface area contributed by atoms with E-state index in [4.69, 9.17) is 0 Å². The van der Waals surface area contributed by atoms with Crippen molar-refractivity contribution in [2.24, 2.45) is 0 Å². The van der Waals surface area contributed by atoms with Crippen molar-refractivity contribution in [1.82, 2.24) is 9.97 Å². The fourth-order valence-electron chi connectivity index (χ4n) is 2.54. The van der Waals surface area contributed by atoms with Crippen LogP contribution in [0.2, 0.25) is 0 Å². The molecule has 3 rings (SSSR count). The third-order valence-electron chi connectivity index (χ3n) is 3.99. The normalized spacial score (nSPS) is 10.6. The summed E-state index contributed by atoms with van der Waals surface area (Å²) in [6, 6.07) is 15.5. The van der Waals surface area contributed by atoms with E-state index in [2.05, 4.69) is 21.4 Å². The minimum atomic E-state index is -0.0989. The molecule has 0 spiro atoms. The Balaban J connectivity index is 1.62. The molecular weight excluding hydrogens is 342 g/mol. The highest BCUT2D eigenvalue weighted by Gasteiger charge is 2.08. The van der Waals surface area contributed by atoms with Gasteiger partial charge in [-0.15, -0.1) is 0 Å². The molecule has 1 aromatic heterocycles. The highest BCUT2D eigenvalue weighted by atomic mass is 32.2. The van der Waals surface area contributed by atoms with E-state index in [1.54, 1.807) is 18.0 Å². The van der Waals surface area contributed by atoms with Crippen LogP contribution in [-0.2, 0) is 5.75 Å². The number of hydrogen-bond acceptors (Lipinski definition) is 4. The fraction of sp³-hybridized carbons (Fsp3) is 0.190. The molecule has 0 fully saturated rings. The zero-order chi connectivity index (χ0) is 18.5. The first-order chi connectivity index (χ1) is 12.5. The van der Waals surface area contributed by atoms with Crippen LogP contribution in [0.15, 0.2) is 59.9 Å². The summed E-state index contributed by atoms with van der Waals surface area (Å²) < 4.78 is 0. The lowest BCUT2D eigenvalue weighted by molar-refractivity contribution is 0.102. The molecule has 0 saturated heterocycles. The highest BCUT2D eigenvalue weighted by molar-refractivity contribution is 7.98. The van der Waals surface area contributed by atoms with Gasteiger partial charge in [0.05, 0.1) is 0 Å². The van der Waals surface area contributed by atoms with Gasteiger partial charge in [0.1, 0.15) is 0 Å². The summed E-state index contributed by atoms with van der Waals surface area (Å²) in [7, 11) is 0.